The molecule has 0 saturated carbocycles. The number of hydrogen-bond donors (Lipinski definition) is 6. The summed E-state index contributed by atoms with van der Waals surface area (Å²) in [6, 6.07) is 1.55. The van der Waals surface area contributed by atoms with Gasteiger partial charge in [0.25, 0.3) is 0 Å². The largest absolute Gasteiger partial charge is 0.469 e. The number of esters is 2. The van der Waals surface area contributed by atoms with E-state index < -0.39 is 50.8 Å². The number of rotatable bonds is 39. The summed E-state index contributed by atoms with van der Waals surface area (Å²) in [5.41, 5.74) is -0.712. The van der Waals surface area contributed by atoms with Crippen LogP contribution in [0.1, 0.15) is 193 Å². The zero-order chi connectivity index (χ0) is 44.6. The highest BCUT2D eigenvalue weighted by atomic mass is 31.2. The fourth-order valence-corrected chi connectivity index (χ4v) is 7.78. The minimum atomic E-state index is -4.80. The molecule has 2 heterocycles. The van der Waals surface area contributed by atoms with Crippen LogP contribution in [0.25, 0.3) is 0 Å². The third-order valence-corrected chi connectivity index (χ3v) is 11.6. The molecular formula is C44H80N3O13P. The van der Waals surface area contributed by atoms with Gasteiger partial charge < -0.3 is 44.6 Å². The topological polar surface area (TPSA) is 236 Å². The van der Waals surface area contributed by atoms with Crippen LogP contribution in [0.15, 0.2) is 17.1 Å². The van der Waals surface area contributed by atoms with Gasteiger partial charge in [-0.15, -0.1) is 0 Å². The molecule has 1 unspecified atom stereocenters. The van der Waals surface area contributed by atoms with Crippen molar-refractivity contribution in [1.82, 2.24) is 9.55 Å². The Labute approximate surface area is 364 Å². The summed E-state index contributed by atoms with van der Waals surface area (Å²) in [5.74, 6) is -0.300. The Bertz CT molecular complexity index is 1400. The second kappa shape index (κ2) is 34.0. The van der Waals surface area contributed by atoms with Crippen molar-refractivity contribution in [2.24, 2.45) is 0 Å². The van der Waals surface area contributed by atoms with Crippen molar-refractivity contribution in [3.63, 3.8) is 0 Å². The quantitative estimate of drug-likeness (QED) is 0.0210. The summed E-state index contributed by atoms with van der Waals surface area (Å²) in [7, 11) is -4.80. The predicted molar refractivity (Wildman–Crippen MR) is 234 cm³/mol. The lowest BCUT2D eigenvalue weighted by molar-refractivity contribution is -0.161. The number of hydrogen-bond acceptors (Lipinski definition) is 13. The normalized spacial score (nSPS) is 18.3. The van der Waals surface area contributed by atoms with E-state index >= 15 is 0 Å². The van der Waals surface area contributed by atoms with Crippen molar-refractivity contribution in [1.29, 1.82) is 0 Å². The third-order valence-electron chi connectivity index (χ3n) is 11.1. The molecule has 2 rings (SSSR count). The van der Waals surface area contributed by atoms with Crippen LogP contribution in [0.4, 0.5) is 5.82 Å². The van der Waals surface area contributed by atoms with Gasteiger partial charge in [0.15, 0.2) is 12.3 Å². The van der Waals surface area contributed by atoms with Crippen LogP contribution in [0.3, 0.4) is 0 Å². The maximum atomic E-state index is 12.6. The predicted octanol–water partition coefficient (Wildman–Crippen LogP) is 7.77. The highest BCUT2D eigenvalue weighted by Gasteiger charge is 2.45. The van der Waals surface area contributed by atoms with Crippen molar-refractivity contribution < 1.29 is 58.0 Å². The molecule has 17 heteroatoms. The Morgan fingerprint density at radius 2 is 1.23 bits per heavy atom. The zero-order valence-corrected chi connectivity index (χ0v) is 37.9. The first-order valence-corrected chi connectivity index (χ1v) is 25.0. The summed E-state index contributed by atoms with van der Waals surface area (Å²) in [5, 5.41) is 33.2. The first kappa shape index (κ1) is 54.7. The number of carbonyl (C=O) groups excluding carboxylic acids is 2. The Balaban J connectivity index is 1.37. The van der Waals surface area contributed by atoms with Crippen LogP contribution in [0, 0.1) is 0 Å². The van der Waals surface area contributed by atoms with E-state index in [4.69, 9.17) is 24.0 Å². The smallest absolute Gasteiger partial charge is 0.462 e. The van der Waals surface area contributed by atoms with E-state index in [1.807, 2.05) is 0 Å². The first-order valence-electron chi connectivity index (χ1n) is 23.5. The summed E-state index contributed by atoms with van der Waals surface area (Å²) >= 11 is 0. The fraction of sp³-hybridized carbons (Fsp3) is 0.864. The van der Waals surface area contributed by atoms with Gasteiger partial charge in [-0.3, -0.25) is 18.7 Å². The Morgan fingerprint density at radius 3 is 1.70 bits per heavy atom. The average Bonchev–Trinajstić information content (AvgIpc) is 3.51. The van der Waals surface area contributed by atoms with Crippen molar-refractivity contribution in [2.75, 3.05) is 31.7 Å². The van der Waals surface area contributed by atoms with Crippen LogP contribution < -0.4 is 11.0 Å². The second-order valence-electron chi connectivity index (χ2n) is 16.6. The molecule has 0 aromatic carbocycles. The van der Waals surface area contributed by atoms with Gasteiger partial charge in [-0.25, -0.2) is 9.36 Å². The number of aliphatic hydroxyl groups is 3. The van der Waals surface area contributed by atoms with E-state index in [2.05, 4.69) is 21.7 Å². The molecule has 1 aliphatic heterocycles. The molecule has 0 radical (unpaired) electrons. The van der Waals surface area contributed by atoms with E-state index in [1.54, 1.807) is 6.07 Å². The van der Waals surface area contributed by atoms with Gasteiger partial charge in [-0.1, -0.05) is 155 Å². The van der Waals surface area contributed by atoms with Crippen LogP contribution >= 0.6 is 7.82 Å². The first-order chi connectivity index (χ1) is 29.4. The minimum Gasteiger partial charge on any atom is -0.462 e. The molecule has 1 fully saturated rings. The number of nitrogens with one attached hydrogen (secondary N) is 1. The van der Waals surface area contributed by atoms with Gasteiger partial charge in [-0.2, -0.15) is 4.98 Å². The SMILES string of the molecule is CCCCCCCCCCCCCCCC(=O)OCC(CO)OC(=O)CCCCCCCCCCCCCCCNc1ccn([C@@H]2O[C@H](COP(=O)(O)O)[C@@H](O)[C@@H]2O)c(=O)n1. The molecule has 1 saturated heterocycles. The van der Waals surface area contributed by atoms with Gasteiger partial charge in [0, 0.05) is 25.6 Å². The highest BCUT2D eigenvalue weighted by molar-refractivity contribution is 7.46. The standard InChI is InChI=1S/C44H80N3O13P/c1-2-3-4-5-6-7-8-10-13-16-19-22-25-28-39(49)57-34-36(33-48)59-40(50)29-26-23-20-17-14-11-9-12-15-18-21-24-27-31-45-38-30-32-47(44(53)46-38)43-42(52)41(51)37(60-43)35-58-61(54,55)56/h30,32,36-37,41-43,48,51-52H,2-29,31,33-35H2,1H3,(H,45,46,53)(H2,54,55,56)/t36?,37-,41-,42+,43-/m1/s1. The minimum absolute atomic E-state index is 0.105. The van der Waals surface area contributed by atoms with E-state index in [0.717, 1.165) is 68.8 Å². The molecule has 0 bridgehead atoms. The summed E-state index contributed by atoms with van der Waals surface area (Å²) in [4.78, 5) is 58.7. The number of carbonyl (C=O) groups is 2. The number of phosphoric ester groups is 1. The fourth-order valence-electron chi connectivity index (χ4n) is 7.44. The number of anilines is 1. The van der Waals surface area contributed by atoms with Crippen molar-refractivity contribution in [2.45, 2.75) is 217 Å². The van der Waals surface area contributed by atoms with Crippen LogP contribution in [-0.2, 0) is 32.9 Å². The van der Waals surface area contributed by atoms with Gasteiger partial charge in [0.2, 0.25) is 0 Å². The lowest BCUT2D eigenvalue weighted by Gasteiger charge is -2.17. The second-order valence-corrected chi connectivity index (χ2v) is 17.8. The van der Waals surface area contributed by atoms with Gasteiger partial charge >= 0.3 is 25.5 Å². The molecule has 61 heavy (non-hydrogen) atoms. The zero-order valence-electron chi connectivity index (χ0n) is 37.0. The monoisotopic (exact) mass is 890 g/mol. The Morgan fingerprint density at radius 1 is 0.754 bits per heavy atom. The molecule has 0 spiro atoms. The van der Waals surface area contributed by atoms with Crippen molar-refractivity contribution >= 4 is 25.6 Å². The molecule has 354 valence electrons. The summed E-state index contributed by atoms with van der Waals surface area (Å²) in [6.45, 7) is 1.75. The third kappa shape index (κ3) is 26.7. The molecule has 1 aliphatic rings. The number of ether oxygens (including phenoxy) is 3. The number of unbranched alkanes of at least 4 members (excludes halogenated alkanes) is 24. The van der Waals surface area contributed by atoms with E-state index in [1.165, 1.54) is 109 Å². The average molecular weight is 890 g/mol. The maximum Gasteiger partial charge on any atom is 0.469 e. The van der Waals surface area contributed by atoms with Gasteiger partial charge in [0.1, 0.15) is 30.7 Å². The van der Waals surface area contributed by atoms with Crippen LogP contribution in [0.5, 0.6) is 0 Å². The van der Waals surface area contributed by atoms with Crippen LogP contribution in [-0.4, -0.2) is 97.4 Å². The molecular weight excluding hydrogens is 809 g/mol. The molecule has 0 aliphatic carbocycles. The highest BCUT2D eigenvalue weighted by Crippen LogP contribution is 2.38. The molecule has 1 aromatic rings. The lowest BCUT2D eigenvalue weighted by atomic mass is 10.0. The Hall–Kier alpha value is -2.43. The lowest BCUT2D eigenvalue weighted by Crippen LogP contribution is -2.36. The number of phosphoric acid groups is 1. The van der Waals surface area contributed by atoms with E-state index in [-0.39, 0.29) is 25.2 Å². The number of aromatic nitrogens is 2. The van der Waals surface area contributed by atoms with Crippen molar-refractivity contribution in [3.05, 3.63) is 22.7 Å². The van der Waals surface area contributed by atoms with E-state index in [0.29, 0.717) is 25.2 Å². The summed E-state index contributed by atoms with van der Waals surface area (Å²) < 4.78 is 32.4. The molecule has 6 N–H and O–H groups in total. The molecule has 5 atom stereocenters. The molecule has 16 nitrogen and oxygen atoms in total. The Kier molecular flexibility index (Phi) is 30.5. The van der Waals surface area contributed by atoms with Crippen molar-refractivity contribution in [3.8, 4) is 0 Å². The molecule has 0 amide bonds. The number of aliphatic hydroxyl groups excluding tert-OH is 3. The van der Waals surface area contributed by atoms with Gasteiger partial charge in [-0.05, 0) is 25.3 Å². The van der Waals surface area contributed by atoms with E-state index in [9.17, 15) is 34.3 Å². The number of nitrogens with zero attached hydrogens (tertiary/aromatic N) is 2. The maximum absolute atomic E-state index is 12.6. The molecule has 1 aromatic heterocycles. The summed E-state index contributed by atoms with van der Waals surface area (Å²) in [6.07, 6.45) is 25.9. The van der Waals surface area contributed by atoms with Crippen LogP contribution in [0.2, 0.25) is 0 Å². The van der Waals surface area contributed by atoms with Gasteiger partial charge in [0.05, 0.1) is 13.2 Å².